The zero-order chi connectivity index (χ0) is 104. The summed E-state index contributed by atoms with van der Waals surface area (Å²) in [5, 5.41) is 67.4. The van der Waals surface area contributed by atoms with E-state index in [1.807, 2.05) is 30.9 Å². The number of aryl methyl sites for hydroxylation is 3. The van der Waals surface area contributed by atoms with E-state index in [4.69, 9.17) is 15.0 Å². The van der Waals surface area contributed by atoms with E-state index >= 15 is 0 Å². The van der Waals surface area contributed by atoms with Crippen molar-refractivity contribution in [2.75, 3.05) is 111 Å². The van der Waals surface area contributed by atoms with Crippen molar-refractivity contribution in [2.45, 2.75) is 396 Å². The van der Waals surface area contributed by atoms with Crippen molar-refractivity contribution in [3.8, 4) is 34.5 Å². The molecule has 6 aliphatic heterocycles. The topological polar surface area (TPSA) is 214 Å². The summed E-state index contributed by atoms with van der Waals surface area (Å²) in [5.74, 6) is 6.63. The molecule has 0 saturated carbocycles. The van der Waals surface area contributed by atoms with E-state index in [-0.39, 0.29) is 219 Å². The molecular formula is C126H198Co3N12O6Y3. The third-order valence-electron chi connectivity index (χ3n) is 29.2. The summed E-state index contributed by atoms with van der Waals surface area (Å²) < 4.78 is 7.89. The van der Waals surface area contributed by atoms with Crippen LogP contribution in [0.15, 0.2) is 103 Å². The van der Waals surface area contributed by atoms with Crippen molar-refractivity contribution in [3.05, 3.63) is 195 Å². The van der Waals surface area contributed by atoms with Gasteiger partial charge in [-0.1, -0.05) is 223 Å². The average Bonchev–Trinajstić information content (AvgIpc) is 0.874. The molecule has 6 aromatic carbocycles. The van der Waals surface area contributed by atoms with E-state index in [1.165, 1.54) is 169 Å². The van der Waals surface area contributed by atoms with Crippen LogP contribution in [0, 0.1) is 22.3 Å². The molecule has 6 aromatic rings. The molecule has 0 aromatic heterocycles. The Morgan fingerprint density at radius 3 is 0.740 bits per heavy atom. The van der Waals surface area contributed by atoms with E-state index in [2.05, 4.69) is 311 Å². The molecule has 0 atom stereocenters. The molecule has 6 N–H and O–H groups in total. The van der Waals surface area contributed by atoms with Crippen LogP contribution in [-0.4, -0.2) is 231 Å². The molecular weight excluding hydrogens is 2220 g/mol. The van der Waals surface area contributed by atoms with Gasteiger partial charge in [0.1, 0.15) is 34.5 Å². The predicted octanol–water partition coefficient (Wildman–Crippen LogP) is 27.0. The number of aromatic hydroxyl groups is 6. The summed E-state index contributed by atoms with van der Waals surface area (Å²) in [6, 6.07) is 25.4. The third kappa shape index (κ3) is 42.5. The van der Waals surface area contributed by atoms with Crippen molar-refractivity contribution in [1.29, 1.82) is 0 Å². The number of benzene rings is 6. The number of hydrogen-bond donors (Lipinski definition) is 6. The van der Waals surface area contributed by atoms with Gasteiger partial charge < -0.3 is 52.9 Å². The molecule has 6 heterocycles. The predicted molar refractivity (Wildman–Crippen MR) is 619 cm³/mol. The maximum atomic E-state index is 11.5. The maximum absolute atomic E-state index is 11.5. The molecule has 0 fully saturated rings. The van der Waals surface area contributed by atoms with E-state index in [0.29, 0.717) is 67.2 Å². The summed E-state index contributed by atoms with van der Waals surface area (Å²) >= 11 is 0. The van der Waals surface area contributed by atoms with Gasteiger partial charge in [-0.15, -0.1) is 0 Å². The summed E-state index contributed by atoms with van der Waals surface area (Å²) in [5.41, 5.74) is 16.4. The van der Waals surface area contributed by atoms with Gasteiger partial charge in [-0.25, -0.2) is 0 Å². The second-order valence-electron chi connectivity index (χ2n) is 51.4. The smallest absolute Gasteiger partial charge is 0.246 e. The normalized spacial score (nSPS) is 15.9. The Morgan fingerprint density at radius 2 is 0.487 bits per heavy atom. The van der Waals surface area contributed by atoms with Crippen LogP contribution in [0.3, 0.4) is 0 Å². The molecule has 0 unspecified atom stereocenters. The maximum Gasteiger partial charge on any atom is 0.246 e. The Bertz CT molecular complexity index is 5550. The molecule has 0 spiro atoms. The molecule has 834 valence electrons. The minimum absolute atomic E-state index is 0. The van der Waals surface area contributed by atoms with Gasteiger partial charge in [0, 0.05) is 287 Å². The zero-order valence-corrected chi connectivity index (χ0v) is 111. The number of phenols is 6. The second kappa shape index (κ2) is 62.8. The molecule has 0 bridgehead atoms. The molecule has 0 aliphatic carbocycles. The van der Waals surface area contributed by atoms with E-state index < -0.39 is 5.54 Å². The zero-order valence-electron chi connectivity index (χ0n) is 99.3. The summed E-state index contributed by atoms with van der Waals surface area (Å²) in [6.45, 7) is 79.5. The molecule has 0 amide bonds. The van der Waals surface area contributed by atoms with Crippen LogP contribution in [0.2, 0.25) is 0 Å². The Balaban J connectivity index is 0.00000109. The number of amidine groups is 3. The van der Waals surface area contributed by atoms with Crippen molar-refractivity contribution in [3.63, 3.8) is 0 Å². The fourth-order valence-corrected chi connectivity index (χ4v) is 20.1. The average molecular weight is 2420 g/mol. The van der Waals surface area contributed by atoms with Crippen LogP contribution in [0.1, 0.15) is 423 Å². The number of rotatable bonds is 28. The van der Waals surface area contributed by atoms with Gasteiger partial charge in [0.25, 0.3) is 0 Å². The van der Waals surface area contributed by atoms with Gasteiger partial charge in [0.2, 0.25) is 17.5 Å². The minimum atomic E-state index is -0.499. The number of nitrogens with zero attached hydrogens (tertiary/aromatic N) is 12. The SMILES string of the molecule is CC(C)(C)c1cc(C=NCCCN=Cc2cc(C(C)(C)C)cc(C(C)(C)C)c2O)c(O)c(CCCN2CCC[N+]3=C2CCCCC3)c1.CC(C)(C)c1cc(C=NCCN=Cc2cc(C(C)(C)C)cc(C(C)(C)C)c2O)c(O)c(CCCN2CCC[N+]3=C2CCCCC3)c1.CC(C)(CN=Cc1cc(C(C)(C)C)cc(C(C)(C)C)c1O)N=Cc1cc(C(C)(C)C)cc(CCCN2CCC[N+]3=C2CCCCC3)c1O.[CH3-].[CH3-].[CH3-].[Co].[Co].[Co].[Y].[Y].[Y]. The van der Waals surface area contributed by atoms with Crippen molar-refractivity contribution >= 4 is 54.8 Å². The Labute approximate surface area is 1020 Å². The van der Waals surface area contributed by atoms with Gasteiger partial charge >= 0.3 is 0 Å². The largest absolute Gasteiger partial charge is 0.507 e. The van der Waals surface area contributed by atoms with Crippen molar-refractivity contribution in [2.24, 2.45) is 30.0 Å². The Morgan fingerprint density at radius 1 is 0.260 bits per heavy atom. The van der Waals surface area contributed by atoms with Crippen LogP contribution in [0.4, 0.5) is 0 Å². The van der Waals surface area contributed by atoms with Crippen LogP contribution in [-0.2, 0) is 216 Å². The molecule has 18 nitrogen and oxygen atoms in total. The van der Waals surface area contributed by atoms with Crippen LogP contribution in [0.25, 0.3) is 0 Å². The van der Waals surface area contributed by atoms with Gasteiger partial charge in [-0.05, 0) is 252 Å². The number of hydrogen-bond acceptors (Lipinski definition) is 15. The molecule has 150 heavy (non-hydrogen) atoms. The van der Waals surface area contributed by atoms with Crippen molar-refractivity contribution in [1.82, 2.24) is 14.7 Å². The third-order valence-corrected chi connectivity index (χ3v) is 29.2. The number of aliphatic imine (C=N–C) groups is 6. The van der Waals surface area contributed by atoms with E-state index in [1.54, 1.807) is 29.9 Å². The molecule has 6 aliphatic rings. The van der Waals surface area contributed by atoms with Crippen LogP contribution < -0.4 is 0 Å². The van der Waals surface area contributed by atoms with Gasteiger partial charge in [0.15, 0.2) is 0 Å². The Kier molecular flexibility index (Phi) is 60.0. The number of phenolic OH excluding ortho intramolecular Hbond substituents is 6. The first-order valence-electron chi connectivity index (χ1n) is 54.2. The first kappa shape index (κ1) is 143. The van der Waals surface area contributed by atoms with Crippen LogP contribution in [0.5, 0.6) is 34.5 Å². The quantitative estimate of drug-likeness (QED) is 0.0119. The van der Waals surface area contributed by atoms with E-state index in [9.17, 15) is 30.6 Å². The van der Waals surface area contributed by atoms with Crippen LogP contribution >= 0.6 is 0 Å². The van der Waals surface area contributed by atoms with Crippen molar-refractivity contribution < 1.29 is 193 Å². The fraction of sp³-hybridized carbons (Fsp3) is 0.619. The monoisotopic (exact) mass is 2420 g/mol. The molecule has 0 saturated heterocycles. The van der Waals surface area contributed by atoms with E-state index in [0.717, 1.165) is 151 Å². The molecule has 24 heteroatoms. The first-order valence-corrected chi connectivity index (χ1v) is 54.2. The molecule has 12 rings (SSSR count). The van der Waals surface area contributed by atoms with Gasteiger partial charge in [-0.2, -0.15) is 0 Å². The summed E-state index contributed by atoms with van der Waals surface area (Å²) in [4.78, 5) is 36.2. The first-order chi connectivity index (χ1) is 65.9. The second-order valence-corrected chi connectivity index (χ2v) is 51.4. The fourth-order valence-electron chi connectivity index (χ4n) is 20.1. The van der Waals surface area contributed by atoms with Gasteiger partial charge in [0.05, 0.1) is 104 Å². The standard InChI is InChI=1S/C42H64N4O2.C41H62N4O2.C40H60N4O2.3CH3.3Co.3Y/c1-39(2,3)33-23-30(17-15-20-46-22-16-21-45-19-14-12-13-18-36(45)46)37(47)32(25-33)28-44-42(10,11)29-43-27-31-24-34(40(4,5)6)26-35(38(31)48)41(7,8)9;1-39(2,3)33-24-30(16-13-21-45-23-15-22-44-20-12-10-11-17-36(44)45)37(46)31(25-33)28-42-18-14-19-43-29-32-26-34(40(4,5)6)27-35(38(32)47)41(7,8)9;1-38(2,3)32-23-29(15-13-20-44-22-14-21-43-19-12-10-11-16-35(43)44)36(45)30(24-32)27-41-17-18-42-28-31-25-33(39(4,5)6)26-34(37(31)46)40(7,8)9;;;;;;;;;/h23-28H,12-22,29H2,1-11H3,(H-,43,44,47,48);24-29H,10-23H2,1-9H3,(H-,42,43,46,47);23-28H,10-22H2,1-9H3,(H-,41,42,45,46);3*1H3;;;;;;/q;;;3*-1;;;;;;/p+3. The molecule has 6 radical (unpaired) electrons. The Hall–Kier alpha value is -4.62. The van der Waals surface area contributed by atoms with Gasteiger partial charge in [-0.3, -0.25) is 58.4 Å². The summed E-state index contributed by atoms with van der Waals surface area (Å²) in [7, 11) is 0. The summed E-state index contributed by atoms with van der Waals surface area (Å²) in [6.07, 6.45) is 36.4. The minimum Gasteiger partial charge on any atom is -0.507 e.